The first-order valence-electron chi connectivity index (χ1n) is 5.30. The van der Waals surface area contributed by atoms with Crippen LogP contribution in [0.4, 0.5) is 0 Å². The molecule has 0 atom stereocenters. The van der Waals surface area contributed by atoms with Crippen molar-refractivity contribution in [1.82, 2.24) is 0 Å². The van der Waals surface area contributed by atoms with Crippen LogP contribution in [-0.2, 0) is 0 Å². The molecule has 0 N–H and O–H groups in total. The van der Waals surface area contributed by atoms with E-state index in [0.29, 0.717) is 21.4 Å². The van der Waals surface area contributed by atoms with Crippen LogP contribution in [0.5, 0.6) is 5.75 Å². The van der Waals surface area contributed by atoms with E-state index in [9.17, 15) is 4.79 Å². The summed E-state index contributed by atoms with van der Waals surface area (Å²) in [5.41, 5.74) is 1.33. The van der Waals surface area contributed by atoms with Gasteiger partial charge in [0.2, 0.25) is 0 Å². The van der Waals surface area contributed by atoms with Gasteiger partial charge in [-0.3, -0.25) is 0 Å². The minimum absolute atomic E-state index is 0.402. The molecule has 0 fully saturated rings. The summed E-state index contributed by atoms with van der Waals surface area (Å²) in [5.74, 6) is -0.0482. The summed E-state index contributed by atoms with van der Waals surface area (Å²) in [6.07, 6.45) is 0. The quantitative estimate of drug-likeness (QED) is 0.597. The van der Waals surface area contributed by atoms with Gasteiger partial charge in [0.25, 0.3) is 0 Å². The Hall–Kier alpha value is -1.51. The Morgan fingerprint density at radius 1 is 1.11 bits per heavy atom. The van der Waals surface area contributed by atoms with Crippen molar-refractivity contribution in [1.29, 1.82) is 0 Å². The number of benzene rings is 2. The van der Waals surface area contributed by atoms with Gasteiger partial charge in [-0.25, -0.2) is 4.79 Å². The highest BCUT2D eigenvalue weighted by Gasteiger charge is 2.09. The van der Waals surface area contributed by atoms with Crippen LogP contribution in [0.2, 0.25) is 10.0 Å². The number of halogens is 2. The smallest absolute Gasteiger partial charge is 0.343 e. The predicted molar refractivity (Wildman–Crippen MR) is 72.6 cm³/mol. The minimum Gasteiger partial charge on any atom is -0.423 e. The summed E-state index contributed by atoms with van der Waals surface area (Å²) in [5, 5.41) is 1.05. The van der Waals surface area contributed by atoms with E-state index in [1.165, 1.54) is 0 Å². The van der Waals surface area contributed by atoms with Crippen LogP contribution in [0, 0.1) is 6.92 Å². The third kappa shape index (κ3) is 3.03. The molecule has 0 radical (unpaired) electrons. The first kappa shape index (κ1) is 12.9. The Labute approximate surface area is 115 Å². The first-order valence-corrected chi connectivity index (χ1v) is 6.06. The van der Waals surface area contributed by atoms with E-state index in [-0.39, 0.29) is 0 Å². The van der Waals surface area contributed by atoms with E-state index in [0.717, 1.165) is 5.56 Å². The second-order valence-corrected chi connectivity index (χ2v) is 4.65. The molecule has 0 aliphatic rings. The van der Waals surface area contributed by atoms with Crippen LogP contribution >= 0.6 is 23.2 Å². The lowest BCUT2D eigenvalue weighted by Gasteiger charge is -2.06. The fourth-order valence-corrected chi connectivity index (χ4v) is 1.78. The summed E-state index contributed by atoms with van der Waals surface area (Å²) in [6.45, 7) is 1.88. The third-order valence-corrected chi connectivity index (χ3v) is 3.06. The molecule has 2 aromatic rings. The molecule has 0 heterocycles. The molecule has 92 valence electrons. The van der Waals surface area contributed by atoms with Crippen molar-refractivity contribution in [2.24, 2.45) is 0 Å². The number of hydrogen-bond acceptors (Lipinski definition) is 2. The molecule has 2 aromatic carbocycles. The number of esters is 1. The molecule has 0 saturated carbocycles. The number of carbonyl (C=O) groups is 1. The SMILES string of the molecule is Cc1ccc(OC(=O)c2cccc(Cl)c2)cc1Cl. The van der Waals surface area contributed by atoms with Gasteiger partial charge in [0.1, 0.15) is 5.75 Å². The standard InChI is InChI=1S/C14H10Cl2O2/c1-9-5-6-12(8-13(9)16)18-14(17)10-3-2-4-11(15)7-10/h2-8H,1H3. The highest BCUT2D eigenvalue weighted by Crippen LogP contribution is 2.22. The second-order valence-electron chi connectivity index (χ2n) is 3.81. The number of rotatable bonds is 2. The van der Waals surface area contributed by atoms with Gasteiger partial charge in [-0.2, -0.15) is 0 Å². The second kappa shape index (κ2) is 5.42. The minimum atomic E-state index is -0.461. The highest BCUT2D eigenvalue weighted by molar-refractivity contribution is 6.31. The van der Waals surface area contributed by atoms with Crippen molar-refractivity contribution in [2.45, 2.75) is 6.92 Å². The van der Waals surface area contributed by atoms with Gasteiger partial charge in [0.15, 0.2) is 0 Å². The van der Waals surface area contributed by atoms with E-state index in [1.54, 1.807) is 42.5 Å². The number of aryl methyl sites for hydroxylation is 1. The molecule has 0 amide bonds. The molecule has 4 heteroatoms. The number of carbonyl (C=O) groups excluding carboxylic acids is 1. The van der Waals surface area contributed by atoms with E-state index >= 15 is 0 Å². The lowest BCUT2D eigenvalue weighted by Crippen LogP contribution is -2.08. The Kier molecular flexibility index (Phi) is 3.90. The first-order chi connectivity index (χ1) is 8.56. The number of ether oxygens (including phenoxy) is 1. The van der Waals surface area contributed by atoms with Crippen molar-refractivity contribution in [2.75, 3.05) is 0 Å². The van der Waals surface area contributed by atoms with E-state index < -0.39 is 5.97 Å². The number of hydrogen-bond donors (Lipinski definition) is 0. The van der Waals surface area contributed by atoms with Gasteiger partial charge < -0.3 is 4.74 Å². The molecule has 0 aliphatic heterocycles. The molecule has 2 rings (SSSR count). The molecule has 2 nitrogen and oxygen atoms in total. The average molecular weight is 281 g/mol. The van der Waals surface area contributed by atoms with E-state index in [1.807, 2.05) is 6.92 Å². The summed E-state index contributed by atoms with van der Waals surface area (Å²) in [4.78, 5) is 11.8. The van der Waals surface area contributed by atoms with E-state index in [4.69, 9.17) is 27.9 Å². The monoisotopic (exact) mass is 280 g/mol. The van der Waals surface area contributed by atoms with Crippen molar-refractivity contribution in [3.63, 3.8) is 0 Å². The summed E-state index contributed by atoms with van der Waals surface area (Å²) in [6, 6.07) is 11.7. The molecular formula is C14H10Cl2O2. The molecule has 0 aromatic heterocycles. The van der Waals surface area contributed by atoms with Crippen LogP contribution < -0.4 is 4.74 Å². The lowest BCUT2D eigenvalue weighted by molar-refractivity contribution is 0.0735. The van der Waals surface area contributed by atoms with Crippen LogP contribution in [0.25, 0.3) is 0 Å². The van der Waals surface area contributed by atoms with Gasteiger partial charge >= 0.3 is 5.97 Å². The van der Waals surface area contributed by atoms with Gasteiger partial charge in [-0.15, -0.1) is 0 Å². The normalized spacial score (nSPS) is 10.2. The van der Waals surface area contributed by atoms with Gasteiger partial charge in [-0.05, 0) is 42.8 Å². The van der Waals surface area contributed by atoms with Crippen molar-refractivity contribution in [3.8, 4) is 5.75 Å². The van der Waals surface area contributed by atoms with Crippen molar-refractivity contribution >= 4 is 29.2 Å². The maximum atomic E-state index is 11.8. The summed E-state index contributed by atoms with van der Waals surface area (Å²) >= 11 is 11.8. The van der Waals surface area contributed by atoms with E-state index in [2.05, 4.69) is 0 Å². The third-order valence-electron chi connectivity index (χ3n) is 2.41. The van der Waals surface area contributed by atoms with Gasteiger partial charge in [0.05, 0.1) is 5.56 Å². The zero-order valence-electron chi connectivity index (χ0n) is 9.61. The lowest BCUT2D eigenvalue weighted by atomic mass is 10.2. The maximum Gasteiger partial charge on any atom is 0.343 e. The maximum absolute atomic E-state index is 11.8. The summed E-state index contributed by atoms with van der Waals surface area (Å²) < 4.78 is 5.21. The van der Waals surface area contributed by atoms with Crippen molar-refractivity contribution < 1.29 is 9.53 Å². The van der Waals surface area contributed by atoms with Crippen LogP contribution in [0.15, 0.2) is 42.5 Å². The molecule has 0 spiro atoms. The molecule has 0 unspecified atom stereocenters. The topological polar surface area (TPSA) is 26.3 Å². The van der Waals surface area contributed by atoms with Crippen LogP contribution in [0.3, 0.4) is 0 Å². The fraction of sp³-hybridized carbons (Fsp3) is 0.0714. The summed E-state index contributed by atoms with van der Waals surface area (Å²) in [7, 11) is 0. The van der Waals surface area contributed by atoms with Crippen molar-refractivity contribution in [3.05, 3.63) is 63.6 Å². The molecule has 0 saturated heterocycles. The highest BCUT2D eigenvalue weighted by atomic mass is 35.5. The Morgan fingerprint density at radius 3 is 2.56 bits per heavy atom. The predicted octanol–water partition coefficient (Wildman–Crippen LogP) is 4.52. The molecular weight excluding hydrogens is 271 g/mol. The van der Waals surface area contributed by atoms with Gasteiger partial charge in [0, 0.05) is 10.0 Å². The zero-order valence-corrected chi connectivity index (χ0v) is 11.1. The zero-order chi connectivity index (χ0) is 13.1. The molecule has 0 bridgehead atoms. The average Bonchev–Trinajstić information content (AvgIpc) is 2.34. The van der Waals surface area contributed by atoms with Gasteiger partial charge in [-0.1, -0.05) is 35.3 Å². The Balaban J connectivity index is 2.18. The Morgan fingerprint density at radius 2 is 1.89 bits per heavy atom. The Bertz CT molecular complexity index is 594. The largest absolute Gasteiger partial charge is 0.423 e. The molecule has 18 heavy (non-hydrogen) atoms. The molecule has 0 aliphatic carbocycles. The van der Waals surface area contributed by atoms with Crippen LogP contribution in [0.1, 0.15) is 15.9 Å². The van der Waals surface area contributed by atoms with Crippen LogP contribution in [-0.4, -0.2) is 5.97 Å². The fourth-order valence-electron chi connectivity index (χ4n) is 1.42.